The van der Waals surface area contributed by atoms with Gasteiger partial charge in [0, 0.05) is 25.3 Å². The van der Waals surface area contributed by atoms with Crippen molar-refractivity contribution in [3.63, 3.8) is 0 Å². The molecule has 1 fully saturated rings. The molecule has 1 aromatic heterocycles. The van der Waals surface area contributed by atoms with Crippen LogP contribution in [0.15, 0.2) is 18.3 Å². The van der Waals surface area contributed by atoms with Gasteiger partial charge >= 0.3 is 6.09 Å². The summed E-state index contributed by atoms with van der Waals surface area (Å²) >= 11 is 0. The summed E-state index contributed by atoms with van der Waals surface area (Å²) in [4.78, 5) is 17.9. The van der Waals surface area contributed by atoms with Gasteiger partial charge < -0.3 is 20.7 Å². The van der Waals surface area contributed by atoms with E-state index in [1.165, 1.54) is 0 Å². The number of anilines is 1. The number of amides is 1. The predicted molar refractivity (Wildman–Crippen MR) is 91.2 cm³/mol. The number of nitrogens with two attached hydrogens (primary N) is 1. The highest BCUT2D eigenvalue weighted by molar-refractivity contribution is 5.68. The highest BCUT2D eigenvalue weighted by Crippen LogP contribution is 2.15. The molecule has 0 bridgehead atoms. The minimum atomic E-state index is -0.435. The molecule has 0 spiro atoms. The molecule has 0 unspecified atom stereocenters. The van der Waals surface area contributed by atoms with Gasteiger partial charge in [0.25, 0.3) is 0 Å². The Balaban J connectivity index is 1.69. The number of rotatable bonds is 4. The Morgan fingerprint density at radius 1 is 1.43 bits per heavy atom. The maximum absolute atomic E-state index is 12.0. The molecule has 1 aromatic rings. The maximum Gasteiger partial charge on any atom is 0.410 e. The van der Waals surface area contributed by atoms with E-state index in [-0.39, 0.29) is 6.09 Å². The molecule has 3 N–H and O–H groups in total. The van der Waals surface area contributed by atoms with Crippen LogP contribution < -0.4 is 11.1 Å². The van der Waals surface area contributed by atoms with Gasteiger partial charge in [0.05, 0.1) is 0 Å². The van der Waals surface area contributed by atoms with Crippen molar-refractivity contribution >= 4 is 11.9 Å². The lowest BCUT2D eigenvalue weighted by Crippen LogP contribution is -2.46. The Labute approximate surface area is 138 Å². The zero-order valence-electron chi connectivity index (χ0n) is 14.3. The van der Waals surface area contributed by atoms with E-state index in [0.29, 0.717) is 11.9 Å². The van der Waals surface area contributed by atoms with Gasteiger partial charge in [-0.05, 0) is 58.2 Å². The number of carbonyl (C=O) groups excluding carboxylic acids is 1. The molecule has 1 saturated heterocycles. The van der Waals surface area contributed by atoms with Crippen molar-refractivity contribution in [2.24, 2.45) is 0 Å². The van der Waals surface area contributed by atoms with Crippen LogP contribution in [0.5, 0.6) is 0 Å². The highest BCUT2D eigenvalue weighted by atomic mass is 16.6. The van der Waals surface area contributed by atoms with Crippen molar-refractivity contribution in [3.8, 4) is 0 Å². The summed E-state index contributed by atoms with van der Waals surface area (Å²) in [6.45, 7) is 8.02. The second-order valence-corrected chi connectivity index (χ2v) is 6.99. The number of nitrogens with one attached hydrogen (secondary N) is 1. The van der Waals surface area contributed by atoms with Crippen LogP contribution in [0, 0.1) is 0 Å². The van der Waals surface area contributed by atoms with Gasteiger partial charge in [-0.1, -0.05) is 6.07 Å². The van der Waals surface area contributed by atoms with Crippen LogP contribution in [0.3, 0.4) is 0 Å². The van der Waals surface area contributed by atoms with E-state index in [9.17, 15) is 4.79 Å². The molecule has 1 amide bonds. The molecule has 2 rings (SSSR count). The average molecular weight is 320 g/mol. The van der Waals surface area contributed by atoms with Gasteiger partial charge in [-0.3, -0.25) is 0 Å². The van der Waals surface area contributed by atoms with Gasteiger partial charge in [0.1, 0.15) is 11.4 Å². The summed E-state index contributed by atoms with van der Waals surface area (Å²) in [6, 6.07) is 4.35. The highest BCUT2D eigenvalue weighted by Gasteiger charge is 2.26. The molecule has 6 heteroatoms. The van der Waals surface area contributed by atoms with Gasteiger partial charge in [0.15, 0.2) is 0 Å². The number of pyridine rings is 1. The molecule has 0 aromatic carbocycles. The molecular formula is C17H28N4O2. The first kappa shape index (κ1) is 17.5. The topological polar surface area (TPSA) is 80.5 Å². The summed E-state index contributed by atoms with van der Waals surface area (Å²) < 4.78 is 5.41. The number of hydrogen-bond acceptors (Lipinski definition) is 5. The fourth-order valence-corrected chi connectivity index (χ4v) is 2.67. The van der Waals surface area contributed by atoms with Crippen molar-refractivity contribution in [2.45, 2.75) is 51.7 Å². The van der Waals surface area contributed by atoms with Crippen LogP contribution in [0.2, 0.25) is 0 Å². The monoisotopic (exact) mass is 320 g/mol. The lowest BCUT2D eigenvalue weighted by molar-refractivity contribution is 0.0198. The number of nitrogens with zero attached hydrogens (tertiary/aromatic N) is 2. The number of hydrogen-bond donors (Lipinski definition) is 2. The third kappa shape index (κ3) is 5.71. The van der Waals surface area contributed by atoms with Crippen LogP contribution >= 0.6 is 0 Å². The quantitative estimate of drug-likeness (QED) is 0.889. The van der Waals surface area contributed by atoms with Crippen molar-refractivity contribution in [2.75, 3.05) is 25.4 Å². The summed E-state index contributed by atoms with van der Waals surface area (Å²) in [5.74, 6) is 0.606. The number of piperidine rings is 1. The Bertz CT molecular complexity index is 520. The van der Waals surface area contributed by atoms with E-state index in [1.807, 2.05) is 32.9 Å². The molecule has 1 aliphatic heterocycles. The Morgan fingerprint density at radius 2 is 2.13 bits per heavy atom. The van der Waals surface area contributed by atoms with Crippen molar-refractivity contribution < 1.29 is 9.53 Å². The number of likely N-dealkylation sites (tertiary alicyclic amines) is 1. The molecule has 0 saturated carbocycles. The number of aromatic nitrogens is 1. The summed E-state index contributed by atoms with van der Waals surface area (Å²) in [5, 5.41) is 3.54. The Hall–Kier alpha value is -1.82. The van der Waals surface area contributed by atoms with E-state index in [4.69, 9.17) is 10.5 Å². The normalized spacial score (nSPS) is 16.4. The van der Waals surface area contributed by atoms with Gasteiger partial charge in [-0.2, -0.15) is 0 Å². The van der Waals surface area contributed by atoms with Crippen LogP contribution in [-0.2, 0) is 11.2 Å². The smallest absolute Gasteiger partial charge is 0.410 e. The summed E-state index contributed by atoms with van der Waals surface area (Å²) in [7, 11) is 0. The Morgan fingerprint density at radius 3 is 2.74 bits per heavy atom. The minimum absolute atomic E-state index is 0.209. The SMILES string of the molecule is CC(C)(C)OC(=O)N1CCC(NCCc2cccnc2N)CC1. The zero-order chi connectivity index (χ0) is 16.9. The van der Waals surface area contributed by atoms with Crippen LogP contribution in [0.25, 0.3) is 0 Å². The van der Waals surface area contributed by atoms with Crippen molar-refractivity contribution in [1.82, 2.24) is 15.2 Å². The molecule has 0 radical (unpaired) electrons. The first-order chi connectivity index (χ1) is 10.8. The lowest BCUT2D eigenvalue weighted by atomic mass is 10.0. The third-order valence-corrected chi connectivity index (χ3v) is 3.90. The van der Waals surface area contributed by atoms with E-state index < -0.39 is 5.60 Å². The van der Waals surface area contributed by atoms with E-state index >= 15 is 0 Å². The first-order valence-electron chi connectivity index (χ1n) is 8.26. The standard InChI is InChI=1S/C17H28N4O2/c1-17(2,3)23-16(22)21-11-7-14(8-12-21)19-10-6-13-5-4-9-20-15(13)18/h4-5,9,14,19H,6-8,10-12H2,1-3H3,(H2,18,20). The fourth-order valence-electron chi connectivity index (χ4n) is 2.67. The van der Waals surface area contributed by atoms with Gasteiger partial charge in [-0.15, -0.1) is 0 Å². The number of nitrogen functional groups attached to an aromatic ring is 1. The minimum Gasteiger partial charge on any atom is -0.444 e. The summed E-state index contributed by atoms with van der Waals surface area (Å²) in [6.07, 6.45) is 4.26. The number of ether oxygens (including phenoxy) is 1. The maximum atomic E-state index is 12.0. The molecule has 23 heavy (non-hydrogen) atoms. The Kier molecular flexibility index (Phi) is 5.82. The molecule has 2 heterocycles. The second kappa shape index (κ2) is 7.64. The van der Waals surface area contributed by atoms with E-state index in [0.717, 1.165) is 44.5 Å². The van der Waals surface area contributed by atoms with Crippen LogP contribution in [0.4, 0.5) is 10.6 Å². The average Bonchev–Trinajstić information content (AvgIpc) is 2.48. The fraction of sp³-hybridized carbons (Fsp3) is 0.647. The lowest BCUT2D eigenvalue weighted by Gasteiger charge is -2.33. The second-order valence-electron chi connectivity index (χ2n) is 6.99. The largest absolute Gasteiger partial charge is 0.444 e. The summed E-state index contributed by atoms with van der Waals surface area (Å²) in [5.41, 5.74) is 6.49. The van der Waals surface area contributed by atoms with Gasteiger partial charge in [0.2, 0.25) is 0 Å². The molecular weight excluding hydrogens is 292 g/mol. The molecule has 0 aliphatic carbocycles. The van der Waals surface area contributed by atoms with Crippen molar-refractivity contribution in [3.05, 3.63) is 23.9 Å². The molecule has 128 valence electrons. The van der Waals surface area contributed by atoms with E-state index in [2.05, 4.69) is 10.3 Å². The van der Waals surface area contributed by atoms with Gasteiger partial charge in [-0.25, -0.2) is 9.78 Å². The van der Waals surface area contributed by atoms with E-state index in [1.54, 1.807) is 11.1 Å². The molecule has 1 aliphatic rings. The first-order valence-corrected chi connectivity index (χ1v) is 8.26. The molecule has 0 atom stereocenters. The number of carbonyl (C=O) groups is 1. The predicted octanol–water partition coefficient (Wildman–Crippen LogP) is 2.20. The van der Waals surface area contributed by atoms with Crippen LogP contribution in [0.1, 0.15) is 39.2 Å². The van der Waals surface area contributed by atoms with Crippen LogP contribution in [-0.4, -0.2) is 47.3 Å². The zero-order valence-corrected chi connectivity index (χ0v) is 14.3. The third-order valence-electron chi connectivity index (χ3n) is 3.90. The van der Waals surface area contributed by atoms with Crippen molar-refractivity contribution in [1.29, 1.82) is 0 Å². The molecule has 6 nitrogen and oxygen atoms in total.